The molecule has 2 N–H and O–H groups in total. The normalized spacial score (nSPS) is 24.8. The Morgan fingerprint density at radius 2 is 1.72 bits per heavy atom. The molecule has 3 rings (SSSR count). The van der Waals surface area contributed by atoms with Crippen LogP contribution >= 0.6 is 0 Å². The fraction of sp³-hybridized carbons (Fsp3) is 0.611. The van der Waals surface area contributed by atoms with Crippen molar-refractivity contribution in [2.24, 2.45) is 0 Å². The Balaban J connectivity index is 1.81. The Morgan fingerprint density at radius 3 is 2.44 bits per heavy atom. The van der Waals surface area contributed by atoms with Crippen LogP contribution in [-0.4, -0.2) is 48.8 Å². The van der Waals surface area contributed by atoms with Crippen molar-refractivity contribution in [1.29, 1.82) is 0 Å². The SMILES string of the molecule is O=C(c1ccccc1NS(=O)(=O)C1CCCCC1O)N1CCCCC1. The predicted molar refractivity (Wildman–Crippen MR) is 97.0 cm³/mol. The number of likely N-dealkylation sites (tertiary alicyclic amines) is 1. The van der Waals surface area contributed by atoms with Gasteiger partial charge < -0.3 is 10.0 Å². The molecule has 138 valence electrons. The molecule has 1 aliphatic heterocycles. The number of amides is 1. The van der Waals surface area contributed by atoms with E-state index in [9.17, 15) is 18.3 Å². The van der Waals surface area contributed by atoms with Gasteiger partial charge in [0.25, 0.3) is 5.91 Å². The molecule has 1 saturated heterocycles. The molecular formula is C18H26N2O4S. The number of piperidine rings is 1. The zero-order chi connectivity index (χ0) is 17.9. The molecule has 2 unspecified atom stereocenters. The summed E-state index contributed by atoms with van der Waals surface area (Å²) in [5.74, 6) is -0.137. The van der Waals surface area contributed by atoms with Crippen LogP contribution in [0.15, 0.2) is 24.3 Å². The number of hydrogen-bond donors (Lipinski definition) is 2. The second-order valence-electron chi connectivity index (χ2n) is 6.94. The maximum Gasteiger partial charge on any atom is 0.255 e. The molecule has 1 heterocycles. The molecule has 6 nitrogen and oxygen atoms in total. The summed E-state index contributed by atoms with van der Waals surface area (Å²) in [5, 5.41) is 9.25. The molecule has 1 aromatic rings. The molecule has 7 heteroatoms. The first-order chi connectivity index (χ1) is 12.0. The van der Waals surface area contributed by atoms with E-state index in [1.807, 2.05) is 0 Å². The van der Waals surface area contributed by atoms with Crippen LogP contribution in [0.5, 0.6) is 0 Å². The van der Waals surface area contributed by atoms with Crippen molar-refractivity contribution in [3.8, 4) is 0 Å². The van der Waals surface area contributed by atoms with Crippen molar-refractivity contribution in [2.75, 3.05) is 17.8 Å². The average Bonchev–Trinajstić information content (AvgIpc) is 2.62. The quantitative estimate of drug-likeness (QED) is 0.856. The maximum atomic E-state index is 12.8. The van der Waals surface area contributed by atoms with Crippen LogP contribution in [0, 0.1) is 0 Å². The summed E-state index contributed by atoms with van der Waals surface area (Å²) in [7, 11) is -3.74. The van der Waals surface area contributed by atoms with Crippen molar-refractivity contribution >= 4 is 21.6 Å². The first-order valence-corrected chi connectivity index (χ1v) is 10.6. The first kappa shape index (κ1) is 18.2. The largest absolute Gasteiger partial charge is 0.392 e. The topological polar surface area (TPSA) is 86.7 Å². The van der Waals surface area contributed by atoms with Gasteiger partial charge in [-0.3, -0.25) is 9.52 Å². The van der Waals surface area contributed by atoms with E-state index in [-0.39, 0.29) is 5.91 Å². The van der Waals surface area contributed by atoms with E-state index in [0.717, 1.165) is 32.1 Å². The van der Waals surface area contributed by atoms with Crippen molar-refractivity contribution < 1.29 is 18.3 Å². The van der Waals surface area contributed by atoms with Gasteiger partial charge in [-0.2, -0.15) is 0 Å². The summed E-state index contributed by atoms with van der Waals surface area (Å²) in [6, 6.07) is 6.72. The molecule has 2 fully saturated rings. The summed E-state index contributed by atoms with van der Waals surface area (Å²) < 4.78 is 28.0. The van der Waals surface area contributed by atoms with Crippen LogP contribution in [0.4, 0.5) is 5.69 Å². The highest BCUT2D eigenvalue weighted by atomic mass is 32.2. The van der Waals surface area contributed by atoms with Crippen LogP contribution < -0.4 is 4.72 Å². The summed E-state index contributed by atoms with van der Waals surface area (Å²) >= 11 is 0. The van der Waals surface area contributed by atoms with E-state index < -0.39 is 21.4 Å². The number of nitrogens with zero attached hydrogens (tertiary/aromatic N) is 1. The summed E-state index contributed by atoms with van der Waals surface area (Å²) in [6.07, 6.45) is 4.81. The Bertz CT molecular complexity index is 714. The highest BCUT2D eigenvalue weighted by Crippen LogP contribution is 2.27. The van der Waals surface area contributed by atoms with E-state index in [1.54, 1.807) is 29.2 Å². The lowest BCUT2D eigenvalue weighted by Crippen LogP contribution is -2.40. The number of sulfonamides is 1. The van der Waals surface area contributed by atoms with Crippen LogP contribution in [0.2, 0.25) is 0 Å². The molecule has 1 saturated carbocycles. The second-order valence-corrected chi connectivity index (χ2v) is 8.84. The number of anilines is 1. The number of nitrogens with one attached hydrogen (secondary N) is 1. The smallest absolute Gasteiger partial charge is 0.255 e. The lowest BCUT2D eigenvalue weighted by molar-refractivity contribution is 0.0725. The lowest BCUT2D eigenvalue weighted by atomic mass is 9.97. The van der Waals surface area contributed by atoms with Crippen LogP contribution in [-0.2, 0) is 10.0 Å². The van der Waals surface area contributed by atoms with Gasteiger partial charge >= 0.3 is 0 Å². The van der Waals surface area contributed by atoms with Gasteiger partial charge in [0.1, 0.15) is 5.25 Å². The molecule has 0 radical (unpaired) electrons. The van der Waals surface area contributed by atoms with E-state index in [4.69, 9.17) is 0 Å². The van der Waals surface area contributed by atoms with Crippen molar-refractivity contribution in [1.82, 2.24) is 4.90 Å². The molecule has 0 spiro atoms. The van der Waals surface area contributed by atoms with Gasteiger partial charge in [0.2, 0.25) is 10.0 Å². The molecule has 0 bridgehead atoms. The summed E-state index contributed by atoms with van der Waals surface area (Å²) in [5.41, 5.74) is 0.675. The maximum absolute atomic E-state index is 12.8. The van der Waals surface area contributed by atoms with Gasteiger partial charge in [0.05, 0.1) is 17.4 Å². The summed E-state index contributed by atoms with van der Waals surface area (Å²) in [6.45, 7) is 1.42. The van der Waals surface area contributed by atoms with Crippen molar-refractivity contribution in [2.45, 2.75) is 56.3 Å². The molecular weight excluding hydrogens is 340 g/mol. The number of aliphatic hydroxyl groups excluding tert-OH is 1. The molecule has 0 aromatic heterocycles. The molecule has 2 atom stereocenters. The number of aliphatic hydroxyl groups is 1. The van der Waals surface area contributed by atoms with Crippen LogP contribution in [0.1, 0.15) is 55.3 Å². The van der Waals surface area contributed by atoms with E-state index >= 15 is 0 Å². The highest BCUT2D eigenvalue weighted by molar-refractivity contribution is 7.93. The number of benzene rings is 1. The third-order valence-corrected chi connectivity index (χ3v) is 6.97. The zero-order valence-corrected chi connectivity index (χ0v) is 15.2. The van der Waals surface area contributed by atoms with Crippen LogP contribution in [0.3, 0.4) is 0 Å². The molecule has 1 amide bonds. The third-order valence-electron chi connectivity index (χ3n) is 5.12. The van der Waals surface area contributed by atoms with Gasteiger partial charge in [-0.15, -0.1) is 0 Å². The van der Waals surface area contributed by atoms with Crippen molar-refractivity contribution in [3.63, 3.8) is 0 Å². The van der Waals surface area contributed by atoms with E-state index in [0.29, 0.717) is 37.2 Å². The summed E-state index contributed by atoms with van der Waals surface area (Å²) in [4.78, 5) is 14.6. The Hall–Kier alpha value is -1.60. The predicted octanol–water partition coefficient (Wildman–Crippen LogP) is 2.36. The van der Waals surface area contributed by atoms with E-state index in [1.165, 1.54) is 0 Å². The molecule has 2 aliphatic rings. The van der Waals surface area contributed by atoms with Gasteiger partial charge in [-0.25, -0.2) is 8.42 Å². The van der Waals surface area contributed by atoms with Crippen LogP contribution in [0.25, 0.3) is 0 Å². The molecule has 25 heavy (non-hydrogen) atoms. The number of para-hydroxylation sites is 1. The number of hydrogen-bond acceptors (Lipinski definition) is 4. The third kappa shape index (κ3) is 4.15. The first-order valence-electron chi connectivity index (χ1n) is 9.07. The highest BCUT2D eigenvalue weighted by Gasteiger charge is 2.35. The Labute approximate surface area is 149 Å². The van der Waals surface area contributed by atoms with E-state index in [2.05, 4.69) is 4.72 Å². The van der Waals surface area contributed by atoms with Gasteiger partial charge in [-0.1, -0.05) is 25.0 Å². The molecule has 1 aromatic carbocycles. The minimum absolute atomic E-state index is 0.137. The second kappa shape index (κ2) is 7.74. The average molecular weight is 366 g/mol. The standard InChI is InChI=1S/C18H26N2O4S/c21-16-10-4-5-11-17(16)25(23,24)19-15-9-3-2-8-14(15)18(22)20-12-6-1-7-13-20/h2-3,8-9,16-17,19,21H,1,4-7,10-13H2. The van der Waals surface area contributed by atoms with Gasteiger partial charge in [0, 0.05) is 13.1 Å². The van der Waals surface area contributed by atoms with Gasteiger partial charge in [0.15, 0.2) is 0 Å². The monoisotopic (exact) mass is 366 g/mol. The minimum Gasteiger partial charge on any atom is -0.392 e. The molecule has 1 aliphatic carbocycles. The Morgan fingerprint density at radius 1 is 1.04 bits per heavy atom. The Kier molecular flexibility index (Phi) is 5.64. The zero-order valence-electron chi connectivity index (χ0n) is 14.4. The van der Waals surface area contributed by atoms with Crippen molar-refractivity contribution in [3.05, 3.63) is 29.8 Å². The lowest BCUT2D eigenvalue weighted by Gasteiger charge is -2.29. The minimum atomic E-state index is -3.74. The number of carbonyl (C=O) groups is 1. The number of rotatable bonds is 4. The van der Waals surface area contributed by atoms with Gasteiger partial charge in [-0.05, 0) is 44.2 Å². The fourth-order valence-corrected chi connectivity index (χ4v) is 5.36. The number of carbonyl (C=O) groups excluding carboxylic acids is 1. The fourth-order valence-electron chi connectivity index (χ4n) is 3.69.